The molecule has 98 valence electrons. The zero-order valence-corrected chi connectivity index (χ0v) is 12.2. The van der Waals surface area contributed by atoms with E-state index in [1.165, 1.54) is 0 Å². The van der Waals surface area contributed by atoms with Crippen LogP contribution in [0.15, 0.2) is 39.7 Å². The molecule has 0 saturated carbocycles. The van der Waals surface area contributed by atoms with Gasteiger partial charge in [-0.05, 0) is 41.9 Å². The van der Waals surface area contributed by atoms with Gasteiger partial charge in [-0.25, -0.2) is 9.97 Å². The molecule has 6 heteroatoms. The monoisotopic (exact) mass is 320 g/mol. The number of aromatic nitrogens is 3. The lowest BCUT2D eigenvalue weighted by Gasteiger charge is -2.13. The van der Waals surface area contributed by atoms with E-state index in [1.807, 2.05) is 42.8 Å². The summed E-state index contributed by atoms with van der Waals surface area (Å²) in [5, 5.41) is 3.32. The molecule has 1 N–H and O–H groups in total. The highest BCUT2D eigenvalue weighted by atomic mass is 79.9. The number of nitrogens with one attached hydrogen (secondary N) is 1. The zero-order valence-electron chi connectivity index (χ0n) is 10.6. The third-order valence-electron chi connectivity index (χ3n) is 2.89. The van der Waals surface area contributed by atoms with Crippen LogP contribution in [0.25, 0.3) is 5.65 Å². The number of anilines is 1. The Bertz CT molecular complexity index is 718. The van der Waals surface area contributed by atoms with Crippen LogP contribution in [-0.4, -0.2) is 14.4 Å². The molecule has 0 fully saturated rings. The van der Waals surface area contributed by atoms with Gasteiger partial charge in [0.15, 0.2) is 11.5 Å². The Balaban J connectivity index is 1.94. The predicted octanol–water partition coefficient (Wildman–Crippen LogP) is 3.57. The van der Waals surface area contributed by atoms with Gasteiger partial charge in [0.05, 0.1) is 6.04 Å². The van der Waals surface area contributed by atoms with Crippen molar-refractivity contribution in [1.82, 2.24) is 14.4 Å². The number of fused-ring (bicyclic) bond motifs is 1. The van der Waals surface area contributed by atoms with Gasteiger partial charge in [-0.1, -0.05) is 0 Å². The summed E-state index contributed by atoms with van der Waals surface area (Å²) in [5.74, 6) is 2.50. The van der Waals surface area contributed by atoms with Crippen LogP contribution in [-0.2, 0) is 0 Å². The Morgan fingerprint density at radius 2 is 2.26 bits per heavy atom. The number of halogens is 1. The van der Waals surface area contributed by atoms with E-state index in [0.717, 1.165) is 27.6 Å². The number of imidazole rings is 1. The Kier molecular flexibility index (Phi) is 3.02. The van der Waals surface area contributed by atoms with Crippen molar-refractivity contribution in [3.63, 3.8) is 0 Å². The van der Waals surface area contributed by atoms with Crippen LogP contribution in [0.2, 0.25) is 0 Å². The molecule has 3 rings (SSSR count). The van der Waals surface area contributed by atoms with Crippen LogP contribution in [0.3, 0.4) is 0 Å². The second-order valence-corrected chi connectivity index (χ2v) is 5.20. The molecule has 19 heavy (non-hydrogen) atoms. The average molecular weight is 321 g/mol. The summed E-state index contributed by atoms with van der Waals surface area (Å²) in [5.41, 5.74) is 0.790. The van der Waals surface area contributed by atoms with E-state index in [4.69, 9.17) is 4.42 Å². The largest absolute Gasteiger partial charge is 0.464 e. The second-order valence-electron chi connectivity index (χ2n) is 4.38. The summed E-state index contributed by atoms with van der Waals surface area (Å²) < 4.78 is 8.28. The van der Waals surface area contributed by atoms with Gasteiger partial charge in [-0.2, -0.15) is 0 Å². The first-order chi connectivity index (χ1) is 9.13. The first-order valence-electron chi connectivity index (χ1n) is 5.95. The molecular formula is C13H13BrN4O. The first kappa shape index (κ1) is 12.2. The van der Waals surface area contributed by atoms with Crippen molar-refractivity contribution in [2.75, 3.05) is 5.32 Å². The van der Waals surface area contributed by atoms with E-state index >= 15 is 0 Å². The van der Waals surface area contributed by atoms with Gasteiger partial charge in [-0.3, -0.25) is 0 Å². The highest BCUT2D eigenvalue weighted by Crippen LogP contribution is 2.23. The van der Waals surface area contributed by atoms with Gasteiger partial charge in [0.1, 0.15) is 16.1 Å². The highest BCUT2D eigenvalue weighted by Gasteiger charge is 2.13. The lowest BCUT2D eigenvalue weighted by molar-refractivity contribution is 0.466. The van der Waals surface area contributed by atoms with E-state index in [1.54, 1.807) is 6.20 Å². The molecule has 3 aromatic rings. The number of furan rings is 1. The first-order valence-corrected chi connectivity index (χ1v) is 6.75. The third kappa shape index (κ3) is 2.35. The minimum atomic E-state index is 0.0241. The van der Waals surface area contributed by atoms with E-state index in [2.05, 4.69) is 31.2 Å². The molecule has 5 nitrogen and oxygen atoms in total. The molecular weight excluding hydrogens is 308 g/mol. The molecule has 0 radical (unpaired) electrons. The van der Waals surface area contributed by atoms with E-state index in [9.17, 15) is 0 Å². The lowest BCUT2D eigenvalue weighted by Crippen LogP contribution is -2.09. The number of hydrogen-bond acceptors (Lipinski definition) is 4. The van der Waals surface area contributed by atoms with Crippen molar-refractivity contribution in [3.8, 4) is 0 Å². The van der Waals surface area contributed by atoms with Crippen molar-refractivity contribution < 1.29 is 4.42 Å². The van der Waals surface area contributed by atoms with Crippen LogP contribution in [0, 0.1) is 6.92 Å². The molecule has 0 aliphatic rings. The van der Waals surface area contributed by atoms with E-state index < -0.39 is 0 Å². The maximum absolute atomic E-state index is 5.61. The van der Waals surface area contributed by atoms with Crippen LogP contribution in [0.1, 0.15) is 24.5 Å². The fourth-order valence-corrected chi connectivity index (χ4v) is 2.36. The van der Waals surface area contributed by atoms with Crippen LogP contribution in [0.5, 0.6) is 0 Å². The third-order valence-corrected chi connectivity index (χ3v) is 3.27. The summed E-state index contributed by atoms with van der Waals surface area (Å²) in [7, 11) is 0. The smallest absolute Gasteiger partial charge is 0.180 e. The van der Waals surface area contributed by atoms with Gasteiger partial charge < -0.3 is 14.1 Å². The van der Waals surface area contributed by atoms with E-state index in [0.29, 0.717) is 0 Å². The summed E-state index contributed by atoms with van der Waals surface area (Å²) in [6.07, 6.45) is 5.50. The van der Waals surface area contributed by atoms with Gasteiger partial charge >= 0.3 is 0 Å². The van der Waals surface area contributed by atoms with Crippen LogP contribution >= 0.6 is 15.9 Å². The topological polar surface area (TPSA) is 55.4 Å². The molecule has 1 unspecified atom stereocenters. The van der Waals surface area contributed by atoms with Crippen LogP contribution < -0.4 is 5.32 Å². The molecule has 0 saturated heterocycles. The standard InChI is InChI=1S/C13H13BrN4O/c1-8-3-4-10(19-8)9(2)16-12-13-15-5-6-18(13)7-11(14)17-12/h3-7,9H,1-2H3,(H,16,17). The fraction of sp³-hybridized carbons (Fsp3) is 0.231. The fourth-order valence-electron chi connectivity index (χ4n) is 1.96. The predicted molar refractivity (Wildman–Crippen MR) is 76.2 cm³/mol. The van der Waals surface area contributed by atoms with Gasteiger partial charge in [0.25, 0.3) is 0 Å². The number of aryl methyl sites for hydroxylation is 1. The van der Waals surface area contributed by atoms with Crippen molar-refractivity contribution in [1.29, 1.82) is 0 Å². The summed E-state index contributed by atoms with van der Waals surface area (Å²) in [6, 6.07) is 3.94. The lowest BCUT2D eigenvalue weighted by atomic mass is 10.2. The number of nitrogens with zero attached hydrogens (tertiary/aromatic N) is 3. The molecule has 3 aromatic heterocycles. The summed E-state index contributed by atoms with van der Waals surface area (Å²) in [4.78, 5) is 8.72. The van der Waals surface area contributed by atoms with Crippen molar-refractivity contribution in [2.24, 2.45) is 0 Å². The molecule has 0 bridgehead atoms. The van der Waals surface area contributed by atoms with Crippen molar-refractivity contribution in [2.45, 2.75) is 19.9 Å². The second kappa shape index (κ2) is 4.70. The molecule has 0 aromatic carbocycles. The molecule has 1 atom stereocenters. The molecule has 0 spiro atoms. The van der Waals surface area contributed by atoms with Crippen molar-refractivity contribution in [3.05, 3.63) is 46.8 Å². The summed E-state index contributed by atoms with van der Waals surface area (Å²) >= 11 is 3.40. The Labute approximate surface area is 118 Å². The summed E-state index contributed by atoms with van der Waals surface area (Å²) in [6.45, 7) is 3.96. The Hall–Kier alpha value is -1.82. The number of rotatable bonds is 3. The molecule has 0 aliphatic carbocycles. The van der Waals surface area contributed by atoms with Crippen molar-refractivity contribution >= 4 is 27.4 Å². The molecule has 3 heterocycles. The Morgan fingerprint density at radius 3 is 3.00 bits per heavy atom. The minimum Gasteiger partial charge on any atom is -0.464 e. The van der Waals surface area contributed by atoms with Gasteiger partial charge in [0.2, 0.25) is 0 Å². The molecule has 0 aliphatic heterocycles. The van der Waals surface area contributed by atoms with Crippen LogP contribution in [0.4, 0.5) is 5.82 Å². The van der Waals surface area contributed by atoms with Gasteiger partial charge in [-0.15, -0.1) is 0 Å². The highest BCUT2D eigenvalue weighted by molar-refractivity contribution is 9.10. The number of hydrogen-bond donors (Lipinski definition) is 1. The average Bonchev–Trinajstić information content (AvgIpc) is 2.97. The zero-order chi connectivity index (χ0) is 13.4. The normalized spacial score (nSPS) is 12.8. The maximum atomic E-state index is 5.61. The molecule has 0 amide bonds. The maximum Gasteiger partial charge on any atom is 0.180 e. The van der Waals surface area contributed by atoms with E-state index in [-0.39, 0.29) is 6.04 Å². The van der Waals surface area contributed by atoms with Gasteiger partial charge in [0, 0.05) is 18.6 Å². The quantitative estimate of drug-likeness (QED) is 0.801. The minimum absolute atomic E-state index is 0.0241. The SMILES string of the molecule is Cc1ccc(C(C)Nc2nc(Br)cn3ccnc23)o1. The Morgan fingerprint density at radius 1 is 1.42 bits per heavy atom.